The Hall–Kier alpha value is -1.02. The maximum absolute atomic E-state index is 5.01. The highest BCUT2D eigenvalue weighted by atomic mass is 79.9. The molecule has 2 heteroatoms. The minimum atomic E-state index is 0.915. The van der Waals surface area contributed by atoms with E-state index >= 15 is 0 Å². The number of benzene rings is 1. The predicted octanol–water partition coefficient (Wildman–Crippen LogP) is 3.63. The molecule has 0 saturated heterocycles. The minimum absolute atomic E-state index is 0.915. The van der Waals surface area contributed by atoms with Crippen molar-refractivity contribution in [3.8, 4) is 0 Å². The molecule has 0 aliphatic rings. The van der Waals surface area contributed by atoms with Gasteiger partial charge in [-0.3, -0.25) is 0 Å². The van der Waals surface area contributed by atoms with Crippen LogP contribution in [0.3, 0.4) is 0 Å². The highest BCUT2D eigenvalue weighted by Gasteiger charge is 2.00. The van der Waals surface area contributed by atoms with Gasteiger partial charge < -0.3 is 4.42 Å². The van der Waals surface area contributed by atoms with Gasteiger partial charge in [-0.25, -0.2) is 0 Å². The van der Waals surface area contributed by atoms with Crippen molar-refractivity contribution >= 4 is 15.9 Å². The smallest absolute Gasteiger partial charge is 0.0937 e. The van der Waals surface area contributed by atoms with Gasteiger partial charge in [0.25, 0.3) is 0 Å². The van der Waals surface area contributed by atoms with Crippen LogP contribution >= 0.6 is 15.9 Å². The molecule has 0 amide bonds. The number of hydrogen-bond acceptors (Lipinski definition) is 1. The van der Waals surface area contributed by atoms with E-state index in [0.29, 0.717) is 0 Å². The van der Waals surface area contributed by atoms with Crippen molar-refractivity contribution in [1.82, 2.24) is 0 Å². The molecule has 2 rings (SSSR count). The molecule has 0 aliphatic carbocycles. The van der Waals surface area contributed by atoms with Gasteiger partial charge in [-0.05, 0) is 23.3 Å². The average Bonchev–Trinajstić information content (AvgIpc) is 2.61. The maximum Gasteiger partial charge on any atom is 0.0937 e. The molecule has 1 heterocycles. The lowest BCUT2D eigenvalue weighted by Crippen LogP contribution is -1.86. The van der Waals surface area contributed by atoms with Crippen molar-refractivity contribution in [2.24, 2.45) is 0 Å². The third kappa shape index (κ3) is 2.01. The number of furan rings is 1. The van der Waals surface area contributed by atoms with E-state index in [4.69, 9.17) is 4.42 Å². The highest BCUT2D eigenvalue weighted by Crippen LogP contribution is 2.19. The Morgan fingerprint density at radius 2 is 2.00 bits per heavy atom. The summed E-state index contributed by atoms with van der Waals surface area (Å²) in [6.45, 7) is 0. The summed E-state index contributed by atoms with van der Waals surface area (Å²) in [5.41, 5.74) is 2.48. The Balaban J connectivity index is 2.24. The van der Waals surface area contributed by atoms with Crippen LogP contribution in [0.2, 0.25) is 0 Å². The van der Waals surface area contributed by atoms with E-state index < -0.39 is 0 Å². The molecule has 1 aromatic carbocycles. The Bertz CT molecular complexity index is 379. The van der Waals surface area contributed by atoms with Gasteiger partial charge in [0.15, 0.2) is 0 Å². The summed E-state index contributed by atoms with van der Waals surface area (Å²) in [5.74, 6) is 0. The molecule has 0 unspecified atom stereocenters. The summed E-state index contributed by atoms with van der Waals surface area (Å²) in [5, 5.41) is 0. The topological polar surface area (TPSA) is 13.1 Å². The fraction of sp³-hybridized carbons (Fsp3) is 0.0909. The van der Waals surface area contributed by atoms with Crippen LogP contribution in [0, 0.1) is 0 Å². The molecule has 0 fully saturated rings. The van der Waals surface area contributed by atoms with E-state index in [1.807, 2.05) is 18.2 Å². The largest absolute Gasteiger partial charge is 0.472 e. The van der Waals surface area contributed by atoms with Gasteiger partial charge in [0.1, 0.15) is 0 Å². The van der Waals surface area contributed by atoms with E-state index in [2.05, 4.69) is 28.1 Å². The summed E-state index contributed by atoms with van der Waals surface area (Å²) in [6, 6.07) is 10.2. The second kappa shape index (κ2) is 3.79. The lowest BCUT2D eigenvalue weighted by molar-refractivity contribution is 0.564. The molecule has 2 aromatic rings. The lowest BCUT2D eigenvalue weighted by atomic mass is 10.1. The molecular weight excluding hydrogens is 228 g/mol. The van der Waals surface area contributed by atoms with Crippen molar-refractivity contribution in [2.75, 3.05) is 0 Å². The highest BCUT2D eigenvalue weighted by molar-refractivity contribution is 9.10. The Morgan fingerprint density at radius 1 is 1.15 bits per heavy atom. The van der Waals surface area contributed by atoms with E-state index in [1.165, 1.54) is 11.1 Å². The molecule has 0 saturated carbocycles. The van der Waals surface area contributed by atoms with Crippen molar-refractivity contribution in [2.45, 2.75) is 6.42 Å². The van der Waals surface area contributed by atoms with Crippen molar-refractivity contribution in [1.29, 1.82) is 0 Å². The molecule has 66 valence electrons. The van der Waals surface area contributed by atoms with Gasteiger partial charge in [-0.15, -0.1) is 0 Å². The first-order valence-corrected chi connectivity index (χ1v) is 4.90. The zero-order valence-electron chi connectivity index (χ0n) is 7.03. The van der Waals surface area contributed by atoms with Crippen LogP contribution in [0.1, 0.15) is 11.1 Å². The van der Waals surface area contributed by atoms with Crippen molar-refractivity contribution in [3.05, 3.63) is 58.5 Å². The monoisotopic (exact) mass is 236 g/mol. The van der Waals surface area contributed by atoms with Crippen LogP contribution in [-0.4, -0.2) is 0 Å². The van der Waals surface area contributed by atoms with Gasteiger partial charge in [-0.1, -0.05) is 34.1 Å². The molecule has 0 atom stereocenters. The first-order chi connectivity index (χ1) is 6.36. The second-order valence-corrected chi connectivity index (χ2v) is 3.75. The second-order valence-electron chi connectivity index (χ2n) is 2.90. The zero-order valence-corrected chi connectivity index (χ0v) is 8.62. The third-order valence-corrected chi connectivity index (χ3v) is 2.71. The van der Waals surface area contributed by atoms with Crippen LogP contribution < -0.4 is 0 Å². The molecular formula is C11H9BrO. The van der Waals surface area contributed by atoms with Crippen molar-refractivity contribution < 1.29 is 4.42 Å². The van der Waals surface area contributed by atoms with Gasteiger partial charge in [0.2, 0.25) is 0 Å². The molecule has 0 spiro atoms. The summed E-state index contributed by atoms with van der Waals surface area (Å²) < 4.78 is 6.16. The SMILES string of the molecule is Brc1ccccc1Cc1ccoc1. The quantitative estimate of drug-likeness (QED) is 0.777. The third-order valence-electron chi connectivity index (χ3n) is 1.93. The zero-order chi connectivity index (χ0) is 9.10. The van der Waals surface area contributed by atoms with E-state index in [9.17, 15) is 0 Å². The van der Waals surface area contributed by atoms with Crippen LogP contribution in [0.25, 0.3) is 0 Å². The van der Waals surface area contributed by atoms with Gasteiger partial charge in [0.05, 0.1) is 12.5 Å². The normalized spacial score (nSPS) is 10.2. The van der Waals surface area contributed by atoms with Crippen LogP contribution in [0.4, 0.5) is 0 Å². The molecule has 0 N–H and O–H groups in total. The first kappa shape index (κ1) is 8.57. The Kier molecular flexibility index (Phi) is 2.50. The van der Waals surface area contributed by atoms with Crippen LogP contribution in [0.5, 0.6) is 0 Å². The molecule has 1 nitrogen and oxygen atoms in total. The standard InChI is InChI=1S/C11H9BrO/c12-11-4-2-1-3-10(11)7-9-5-6-13-8-9/h1-6,8H,7H2. The van der Waals surface area contributed by atoms with E-state index in [1.54, 1.807) is 12.5 Å². The van der Waals surface area contributed by atoms with Crippen LogP contribution in [-0.2, 0) is 6.42 Å². The molecule has 0 bridgehead atoms. The first-order valence-electron chi connectivity index (χ1n) is 4.11. The van der Waals surface area contributed by atoms with Gasteiger partial charge in [-0.2, -0.15) is 0 Å². The summed E-state index contributed by atoms with van der Waals surface area (Å²) in [7, 11) is 0. The Labute approximate surface area is 85.5 Å². The number of hydrogen-bond donors (Lipinski definition) is 0. The van der Waals surface area contributed by atoms with E-state index in [0.717, 1.165) is 10.9 Å². The number of halogens is 1. The van der Waals surface area contributed by atoms with E-state index in [-0.39, 0.29) is 0 Å². The summed E-state index contributed by atoms with van der Waals surface area (Å²) in [6.07, 6.45) is 4.39. The summed E-state index contributed by atoms with van der Waals surface area (Å²) >= 11 is 3.51. The fourth-order valence-electron chi connectivity index (χ4n) is 1.25. The number of rotatable bonds is 2. The van der Waals surface area contributed by atoms with Crippen molar-refractivity contribution in [3.63, 3.8) is 0 Å². The molecule has 13 heavy (non-hydrogen) atoms. The van der Waals surface area contributed by atoms with Gasteiger partial charge >= 0.3 is 0 Å². The van der Waals surface area contributed by atoms with Crippen LogP contribution in [0.15, 0.2) is 51.7 Å². The predicted molar refractivity (Wildman–Crippen MR) is 55.7 cm³/mol. The van der Waals surface area contributed by atoms with Gasteiger partial charge in [0, 0.05) is 10.9 Å². The molecule has 0 aliphatic heterocycles. The average molecular weight is 237 g/mol. The lowest BCUT2D eigenvalue weighted by Gasteiger charge is -2.00. The maximum atomic E-state index is 5.01. The fourth-order valence-corrected chi connectivity index (χ4v) is 1.68. The molecule has 0 radical (unpaired) electrons. The Morgan fingerprint density at radius 3 is 2.69 bits per heavy atom. The minimum Gasteiger partial charge on any atom is -0.472 e. The molecule has 1 aromatic heterocycles. The summed E-state index contributed by atoms with van der Waals surface area (Å²) in [4.78, 5) is 0.